The SMILES string of the molecule is Cc1ccc(C)c(S(=O)(=O)N(CC(=O)NC(C)(C)C)Cc2ccccc2)c1. The third-order valence-electron chi connectivity index (χ3n) is 4.00. The van der Waals surface area contributed by atoms with Gasteiger partial charge in [0.1, 0.15) is 0 Å². The third-order valence-corrected chi connectivity index (χ3v) is 5.93. The fraction of sp³-hybridized carbons (Fsp3) is 0.381. The highest BCUT2D eigenvalue weighted by Crippen LogP contribution is 2.23. The molecule has 6 heteroatoms. The molecule has 0 fully saturated rings. The van der Waals surface area contributed by atoms with E-state index in [4.69, 9.17) is 0 Å². The molecule has 5 nitrogen and oxygen atoms in total. The molecule has 2 aromatic carbocycles. The minimum absolute atomic E-state index is 0.133. The summed E-state index contributed by atoms with van der Waals surface area (Å²) in [5, 5.41) is 2.84. The van der Waals surface area contributed by atoms with Crippen molar-refractivity contribution in [2.45, 2.75) is 51.6 Å². The summed E-state index contributed by atoms with van der Waals surface area (Å²) in [4.78, 5) is 12.7. The van der Waals surface area contributed by atoms with E-state index in [1.54, 1.807) is 19.1 Å². The van der Waals surface area contributed by atoms with Gasteiger partial charge in [-0.25, -0.2) is 8.42 Å². The summed E-state index contributed by atoms with van der Waals surface area (Å²) in [6.07, 6.45) is 0. The zero-order valence-corrected chi connectivity index (χ0v) is 17.4. The summed E-state index contributed by atoms with van der Waals surface area (Å²) >= 11 is 0. The monoisotopic (exact) mass is 388 g/mol. The summed E-state index contributed by atoms with van der Waals surface area (Å²) in [5.41, 5.74) is 1.92. The highest BCUT2D eigenvalue weighted by Gasteiger charge is 2.29. The number of carbonyl (C=O) groups is 1. The minimum Gasteiger partial charge on any atom is -0.350 e. The number of amides is 1. The molecule has 1 amide bonds. The summed E-state index contributed by atoms with van der Waals surface area (Å²) in [7, 11) is -3.83. The number of nitrogens with zero attached hydrogens (tertiary/aromatic N) is 1. The molecule has 0 radical (unpaired) electrons. The molecule has 146 valence electrons. The molecule has 2 rings (SSSR count). The van der Waals surface area contributed by atoms with Crippen LogP contribution in [0.4, 0.5) is 0 Å². The molecule has 0 bridgehead atoms. The lowest BCUT2D eigenvalue weighted by atomic mass is 10.1. The number of nitrogens with one attached hydrogen (secondary N) is 1. The molecule has 0 aliphatic heterocycles. The maximum absolute atomic E-state index is 13.4. The number of hydrogen-bond acceptors (Lipinski definition) is 3. The van der Waals surface area contributed by atoms with Crippen LogP contribution >= 0.6 is 0 Å². The van der Waals surface area contributed by atoms with Gasteiger partial charge in [-0.05, 0) is 57.4 Å². The topological polar surface area (TPSA) is 66.5 Å². The number of benzene rings is 2. The molecule has 0 atom stereocenters. The van der Waals surface area contributed by atoms with Gasteiger partial charge in [-0.3, -0.25) is 4.79 Å². The Balaban J connectivity index is 2.41. The largest absolute Gasteiger partial charge is 0.350 e. The molecular formula is C21H28N2O3S. The predicted octanol–water partition coefficient (Wildman–Crippen LogP) is 3.41. The molecule has 0 unspecified atom stereocenters. The van der Waals surface area contributed by atoms with Crippen LogP contribution in [-0.4, -0.2) is 30.7 Å². The Morgan fingerprint density at radius 3 is 2.26 bits per heavy atom. The van der Waals surface area contributed by atoms with E-state index in [0.717, 1.165) is 11.1 Å². The standard InChI is InChI=1S/C21H28N2O3S/c1-16-11-12-17(2)19(13-16)27(25,26)23(14-18-9-7-6-8-10-18)15-20(24)22-21(3,4)5/h6-13H,14-15H2,1-5H3,(H,22,24). The van der Waals surface area contributed by atoms with Crippen molar-refractivity contribution in [2.24, 2.45) is 0 Å². The van der Waals surface area contributed by atoms with Crippen LogP contribution in [0.2, 0.25) is 0 Å². The normalized spacial score (nSPS) is 12.2. The number of aryl methyl sites for hydroxylation is 2. The molecule has 27 heavy (non-hydrogen) atoms. The van der Waals surface area contributed by atoms with Crippen LogP contribution in [0.1, 0.15) is 37.5 Å². The van der Waals surface area contributed by atoms with Crippen molar-refractivity contribution < 1.29 is 13.2 Å². The molecule has 0 heterocycles. The van der Waals surface area contributed by atoms with Crippen molar-refractivity contribution in [3.05, 3.63) is 65.2 Å². The van der Waals surface area contributed by atoms with E-state index in [1.807, 2.05) is 64.1 Å². The van der Waals surface area contributed by atoms with Gasteiger partial charge in [-0.15, -0.1) is 0 Å². The molecule has 0 aliphatic carbocycles. The van der Waals surface area contributed by atoms with Crippen molar-refractivity contribution in [3.8, 4) is 0 Å². The molecule has 0 spiro atoms. The Morgan fingerprint density at radius 2 is 1.67 bits per heavy atom. The lowest BCUT2D eigenvalue weighted by molar-refractivity contribution is -0.122. The minimum atomic E-state index is -3.83. The molecular weight excluding hydrogens is 360 g/mol. The van der Waals surface area contributed by atoms with Crippen LogP contribution in [0.3, 0.4) is 0 Å². The first kappa shape index (κ1) is 21.1. The summed E-state index contributed by atoms with van der Waals surface area (Å²) < 4.78 is 28.0. The lowest BCUT2D eigenvalue weighted by Gasteiger charge is -2.26. The van der Waals surface area contributed by atoms with Gasteiger partial charge in [-0.2, -0.15) is 4.31 Å². The first-order valence-corrected chi connectivity index (χ1v) is 10.4. The van der Waals surface area contributed by atoms with Crippen molar-refractivity contribution in [1.29, 1.82) is 0 Å². The van der Waals surface area contributed by atoms with E-state index in [0.29, 0.717) is 5.56 Å². The van der Waals surface area contributed by atoms with Gasteiger partial charge in [0.05, 0.1) is 11.4 Å². The van der Waals surface area contributed by atoms with Crippen molar-refractivity contribution >= 4 is 15.9 Å². The Kier molecular flexibility index (Phi) is 6.44. The van der Waals surface area contributed by atoms with Crippen LogP contribution < -0.4 is 5.32 Å². The Labute approximate surface area is 162 Å². The van der Waals surface area contributed by atoms with Crippen LogP contribution in [0.15, 0.2) is 53.4 Å². The fourth-order valence-corrected chi connectivity index (χ4v) is 4.45. The van der Waals surface area contributed by atoms with E-state index in [9.17, 15) is 13.2 Å². The average molecular weight is 389 g/mol. The third kappa shape index (κ3) is 5.91. The fourth-order valence-electron chi connectivity index (χ4n) is 2.76. The zero-order valence-electron chi connectivity index (χ0n) is 16.6. The number of sulfonamides is 1. The number of hydrogen-bond donors (Lipinski definition) is 1. The van der Waals surface area contributed by atoms with E-state index in [-0.39, 0.29) is 23.9 Å². The summed E-state index contributed by atoms with van der Waals surface area (Å²) in [6, 6.07) is 14.6. The molecule has 0 saturated heterocycles. The van der Waals surface area contributed by atoms with E-state index in [2.05, 4.69) is 5.32 Å². The van der Waals surface area contributed by atoms with Crippen LogP contribution in [0, 0.1) is 13.8 Å². The van der Waals surface area contributed by atoms with Gasteiger partial charge >= 0.3 is 0 Å². The second-order valence-electron chi connectivity index (χ2n) is 7.83. The van der Waals surface area contributed by atoms with Gasteiger partial charge in [0.25, 0.3) is 0 Å². The zero-order chi connectivity index (χ0) is 20.2. The van der Waals surface area contributed by atoms with Gasteiger partial charge in [-0.1, -0.05) is 42.5 Å². The molecule has 0 aliphatic rings. The van der Waals surface area contributed by atoms with Gasteiger partial charge in [0.2, 0.25) is 15.9 Å². The Morgan fingerprint density at radius 1 is 1.04 bits per heavy atom. The van der Waals surface area contributed by atoms with Crippen LogP contribution in [-0.2, 0) is 21.4 Å². The first-order valence-electron chi connectivity index (χ1n) is 8.91. The van der Waals surface area contributed by atoms with Crippen molar-refractivity contribution in [1.82, 2.24) is 9.62 Å². The van der Waals surface area contributed by atoms with E-state index in [1.165, 1.54) is 4.31 Å². The highest BCUT2D eigenvalue weighted by atomic mass is 32.2. The van der Waals surface area contributed by atoms with E-state index >= 15 is 0 Å². The van der Waals surface area contributed by atoms with Crippen molar-refractivity contribution in [2.75, 3.05) is 6.54 Å². The average Bonchev–Trinajstić information content (AvgIpc) is 2.55. The lowest BCUT2D eigenvalue weighted by Crippen LogP contribution is -2.47. The second-order valence-corrected chi connectivity index (χ2v) is 9.73. The van der Waals surface area contributed by atoms with Crippen LogP contribution in [0.5, 0.6) is 0 Å². The van der Waals surface area contributed by atoms with Gasteiger partial charge in [0.15, 0.2) is 0 Å². The molecule has 2 aromatic rings. The van der Waals surface area contributed by atoms with Gasteiger partial charge in [0, 0.05) is 12.1 Å². The predicted molar refractivity (Wildman–Crippen MR) is 108 cm³/mol. The second kappa shape index (κ2) is 8.23. The summed E-state index contributed by atoms with van der Waals surface area (Å²) in [5.74, 6) is -0.327. The van der Waals surface area contributed by atoms with Crippen LogP contribution in [0.25, 0.3) is 0 Å². The number of carbonyl (C=O) groups excluding carboxylic acids is 1. The summed E-state index contributed by atoms with van der Waals surface area (Å²) in [6.45, 7) is 9.12. The maximum Gasteiger partial charge on any atom is 0.244 e. The molecule has 1 N–H and O–H groups in total. The first-order chi connectivity index (χ1) is 12.5. The molecule has 0 saturated carbocycles. The Hall–Kier alpha value is -2.18. The van der Waals surface area contributed by atoms with Gasteiger partial charge < -0.3 is 5.32 Å². The highest BCUT2D eigenvalue weighted by molar-refractivity contribution is 7.89. The Bertz CT molecular complexity index is 901. The smallest absolute Gasteiger partial charge is 0.244 e. The quantitative estimate of drug-likeness (QED) is 0.825. The van der Waals surface area contributed by atoms with Crippen molar-refractivity contribution in [3.63, 3.8) is 0 Å². The molecule has 0 aromatic heterocycles. The maximum atomic E-state index is 13.4. The van der Waals surface area contributed by atoms with E-state index < -0.39 is 15.6 Å². The number of rotatable bonds is 6.